The molecule has 0 saturated carbocycles. The SMILES string of the molecule is COCCOC(=O)C(C)C(=O)OC. The van der Waals surface area contributed by atoms with Crippen LogP contribution in [0.3, 0.4) is 0 Å². The van der Waals surface area contributed by atoms with Gasteiger partial charge in [-0.25, -0.2) is 0 Å². The van der Waals surface area contributed by atoms with E-state index < -0.39 is 17.9 Å². The molecule has 5 nitrogen and oxygen atoms in total. The number of ether oxygens (including phenoxy) is 3. The predicted octanol–water partition coefficient (Wildman–Crippen LogP) is -0.0149. The van der Waals surface area contributed by atoms with E-state index in [0.29, 0.717) is 6.61 Å². The van der Waals surface area contributed by atoms with Gasteiger partial charge in [-0.1, -0.05) is 0 Å². The zero-order valence-corrected chi connectivity index (χ0v) is 8.03. The normalized spacial score (nSPS) is 11.9. The summed E-state index contributed by atoms with van der Waals surface area (Å²) in [6, 6.07) is 0. The minimum Gasteiger partial charge on any atom is -0.468 e. The second-order valence-electron chi connectivity index (χ2n) is 2.41. The molecule has 0 aromatic carbocycles. The van der Waals surface area contributed by atoms with Gasteiger partial charge >= 0.3 is 11.9 Å². The Bertz CT molecular complexity index is 177. The highest BCUT2D eigenvalue weighted by atomic mass is 16.6. The molecule has 0 aromatic heterocycles. The van der Waals surface area contributed by atoms with Crippen LogP contribution in [0, 0.1) is 5.92 Å². The highest BCUT2D eigenvalue weighted by Crippen LogP contribution is 2.00. The lowest BCUT2D eigenvalue weighted by Crippen LogP contribution is -2.25. The molecular weight excluding hydrogens is 176 g/mol. The standard InChI is InChI=1S/C8H14O5/c1-6(7(9)12-3)8(10)13-5-4-11-2/h6H,4-5H2,1-3H3. The maximum Gasteiger partial charge on any atom is 0.320 e. The number of methoxy groups -OCH3 is 2. The van der Waals surface area contributed by atoms with Gasteiger partial charge in [-0.3, -0.25) is 9.59 Å². The van der Waals surface area contributed by atoms with E-state index in [2.05, 4.69) is 9.47 Å². The van der Waals surface area contributed by atoms with Gasteiger partial charge in [0, 0.05) is 7.11 Å². The van der Waals surface area contributed by atoms with Crippen LogP contribution >= 0.6 is 0 Å². The lowest BCUT2D eigenvalue weighted by molar-refractivity contribution is -0.160. The first kappa shape index (κ1) is 11.9. The van der Waals surface area contributed by atoms with E-state index in [9.17, 15) is 9.59 Å². The molecule has 0 bridgehead atoms. The molecule has 0 saturated heterocycles. The van der Waals surface area contributed by atoms with Gasteiger partial charge in [0.25, 0.3) is 0 Å². The molecule has 0 spiro atoms. The number of carbonyl (C=O) groups excluding carboxylic acids is 2. The van der Waals surface area contributed by atoms with Gasteiger partial charge in [-0.15, -0.1) is 0 Å². The topological polar surface area (TPSA) is 61.8 Å². The Kier molecular flexibility index (Phi) is 5.88. The minimum atomic E-state index is -0.873. The van der Waals surface area contributed by atoms with Crippen LogP contribution in [0.2, 0.25) is 0 Å². The molecule has 0 aromatic rings. The summed E-state index contributed by atoms with van der Waals surface area (Å²) in [6.45, 7) is 1.90. The van der Waals surface area contributed by atoms with Crippen LogP contribution in [-0.2, 0) is 23.8 Å². The summed E-state index contributed by atoms with van der Waals surface area (Å²) in [5.74, 6) is -2.06. The highest BCUT2D eigenvalue weighted by Gasteiger charge is 2.23. The molecule has 0 radical (unpaired) electrons. The van der Waals surface area contributed by atoms with Crippen LogP contribution < -0.4 is 0 Å². The number of rotatable bonds is 5. The van der Waals surface area contributed by atoms with Crippen LogP contribution in [0.5, 0.6) is 0 Å². The Morgan fingerprint density at radius 3 is 2.23 bits per heavy atom. The lowest BCUT2D eigenvalue weighted by atomic mass is 10.2. The summed E-state index contributed by atoms with van der Waals surface area (Å²) in [5.41, 5.74) is 0. The van der Waals surface area contributed by atoms with Gasteiger partial charge in [0.2, 0.25) is 0 Å². The fourth-order valence-corrected chi connectivity index (χ4v) is 0.624. The van der Waals surface area contributed by atoms with E-state index >= 15 is 0 Å². The van der Waals surface area contributed by atoms with Crippen molar-refractivity contribution in [2.75, 3.05) is 27.4 Å². The molecular formula is C8H14O5. The second kappa shape index (κ2) is 6.42. The summed E-state index contributed by atoms with van der Waals surface area (Å²) < 4.78 is 13.7. The quantitative estimate of drug-likeness (QED) is 0.346. The first-order valence-corrected chi connectivity index (χ1v) is 3.87. The van der Waals surface area contributed by atoms with Crippen LogP contribution in [-0.4, -0.2) is 39.4 Å². The third-order valence-electron chi connectivity index (χ3n) is 1.44. The number of esters is 2. The predicted molar refractivity (Wildman–Crippen MR) is 44.0 cm³/mol. The molecule has 0 heterocycles. The fourth-order valence-electron chi connectivity index (χ4n) is 0.624. The van der Waals surface area contributed by atoms with Crippen LogP contribution in [0.25, 0.3) is 0 Å². The van der Waals surface area contributed by atoms with E-state index in [1.54, 1.807) is 0 Å². The molecule has 1 atom stereocenters. The van der Waals surface area contributed by atoms with Gasteiger partial charge in [0.1, 0.15) is 6.61 Å². The monoisotopic (exact) mass is 190 g/mol. The van der Waals surface area contributed by atoms with Crippen molar-refractivity contribution in [1.82, 2.24) is 0 Å². The van der Waals surface area contributed by atoms with Crippen molar-refractivity contribution in [3.05, 3.63) is 0 Å². The van der Waals surface area contributed by atoms with Crippen molar-refractivity contribution in [3.8, 4) is 0 Å². The summed E-state index contributed by atoms with van der Waals surface area (Å²) in [5, 5.41) is 0. The van der Waals surface area contributed by atoms with Gasteiger partial charge in [0.15, 0.2) is 5.92 Å². The highest BCUT2D eigenvalue weighted by molar-refractivity contribution is 5.94. The Morgan fingerprint density at radius 2 is 1.77 bits per heavy atom. The molecule has 0 aliphatic carbocycles. The first-order chi connectivity index (χ1) is 6.13. The van der Waals surface area contributed by atoms with Crippen LogP contribution in [0.4, 0.5) is 0 Å². The van der Waals surface area contributed by atoms with Crippen molar-refractivity contribution in [1.29, 1.82) is 0 Å². The molecule has 0 aliphatic heterocycles. The number of carbonyl (C=O) groups is 2. The average Bonchev–Trinajstić information content (AvgIpc) is 2.15. The smallest absolute Gasteiger partial charge is 0.320 e. The molecule has 0 amide bonds. The Balaban J connectivity index is 3.76. The Hall–Kier alpha value is -1.10. The second-order valence-corrected chi connectivity index (χ2v) is 2.41. The molecule has 5 heteroatoms. The summed E-state index contributed by atoms with van der Waals surface area (Å²) in [6.07, 6.45) is 0. The summed E-state index contributed by atoms with van der Waals surface area (Å²) >= 11 is 0. The molecule has 0 rings (SSSR count). The van der Waals surface area contributed by atoms with Crippen LogP contribution in [0.15, 0.2) is 0 Å². The molecule has 13 heavy (non-hydrogen) atoms. The minimum absolute atomic E-state index is 0.149. The van der Waals surface area contributed by atoms with Crippen molar-refractivity contribution in [2.24, 2.45) is 5.92 Å². The van der Waals surface area contributed by atoms with E-state index in [1.807, 2.05) is 0 Å². The van der Waals surface area contributed by atoms with Crippen molar-refractivity contribution >= 4 is 11.9 Å². The fraction of sp³-hybridized carbons (Fsp3) is 0.750. The maximum absolute atomic E-state index is 11.0. The molecule has 0 aliphatic rings. The summed E-state index contributed by atoms with van der Waals surface area (Å²) in [4.78, 5) is 21.9. The first-order valence-electron chi connectivity index (χ1n) is 3.87. The average molecular weight is 190 g/mol. The van der Waals surface area contributed by atoms with Crippen LogP contribution in [0.1, 0.15) is 6.92 Å². The third-order valence-corrected chi connectivity index (χ3v) is 1.44. The largest absolute Gasteiger partial charge is 0.468 e. The van der Waals surface area contributed by atoms with E-state index in [4.69, 9.17) is 4.74 Å². The van der Waals surface area contributed by atoms with Gasteiger partial charge in [0.05, 0.1) is 13.7 Å². The van der Waals surface area contributed by atoms with E-state index in [1.165, 1.54) is 21.1 Å². The summed E-state index contributed by atoms with van der Waals surface area (Å²) in [7, 11) is 2.72. The van der Waals surface area contributed by atoms with Crippen molar-refractivity contribution in [3.63, 3.8) is 0 Å². The third kappa shape index (κ3) is 4.47. The van der Waals surface area contributed by atoms with Gasteiger partial charge in [-0.05, 0) is 6.92 Å². The number of hydrogen-bond acceptors (Lipinski definition) is 5. The molecule has 76 valence electrons. The number of hydrogen-bond donors (Lipinski definition) is 0. The van der Waals surface area contributed by atoms with Gasteiger partial charge in [-0.2, -0.15) is 0 Å². The maximum atomic E-state index is 11.0. The Labute approximate surface area is 77.0 Å². The molecule has 0 N–H and O–H groups in total. The van der Waals surface area contributed by atoms with E-state index in [0.717, 1.165) is 0 Å². The van der Waals surface area contributed by atoms with E-state index in [-0.39, 0.29) is 6.61 Å². The molecule has 1 unspecified atom stereocenters. The molecule has 0 fully saturated rings. The zero-order chi connectivity index (χ0) is 10.3. The van der Waals surface area contributed by atoms with Crippen molar-refractivity contribution < 1.29 is 23.8 Å². The Morgan fingerprint density at radius 1 is 1.15 bits per heavy atom. The van der Waals surface area contributed by atoms with Gasteiger partial charge < -0.3 is 14.2 Å². The zero-order valence-electron chi connectivity index (χ0n) is 8.03. The van der Waals surface area contributed by atoms with Crippen molar-refractivity contribution in [2.45, 2.75) is 6.92 Å². The lowest BCUT2D eigenvalue weighted by Gasteiger charge is -2.08.